The van der Waals surface area contributed by atoms with Gasteiger partial charge in [0, 0.05) is 13.2 Å². The molecule has 1 aromatic heterocycles. The molecule has 1 heterocycles. The first-order valence-electron chi connectivity index (χ1n) is 4.96. The van der Waals surface area contributed by atoms with Crippen molar-refractivity contribution in [1.29, 1.82) is 0 Å². The summed E-state index contributed by atoms with van der Waals surface area (Å²) >= 11 is 0. The lowest BCUT2D eigenvalue weighted by molar-refractivity contribution is 0.0987. The Morgan fingerprint density at radius 1 is 1.18 bits per heavy atom. The van der Waals surface area contributed by atoms with E-state index in [-0.39, 0.29) is 11.4 Å². The van der Waals surface area contributed by atoms with E-state index in [9.17, 15) is 13.6 Å². The highest BCUT2D eigenvalue weighted by molar-refractivity contribution is 6.04. The van der Waals surface area contributed by atoms with Crippen LogP contribution in [0.1, 0.15) is 10.5 Å². The molecule has 0 aliphatic carbocycles. The highest BCUT2D eigenvalue weighted by Gasteiger charge is 2.20. The number of benzene rings is 1. The zero-order valence-electron chi connectivity index (χ0n) is 9.08. The molecule has 0 aliphatic rings. The highest BCUT2D eigenvalue weighted by atomic mass is 19.1. The summed E-state index contributed by atoms with van der Waals surface area (Å²) in [6, 6.07) is 6.64. The van der Waals surface area contributed by atoms with E-state index >= 15 is 0 Å². The summed E-state index contributed by atoms with van der Waals surface area (Å²) in [7, 11) is 1.32. The summed E-state index contributed by atoms with van der Waals surface area (Å²) in [6.45, 7) is 0. The van der Waals surface area contributed by atoms with E-state index in [0.29, 0.717) is 0 Å². The first kappa shape index (κ1) is 11.3. The quantitative estimate of drug-likeness (QED) is 0.854. The topological polar surface area (TPSA) is 36.1 Å². The van der Waals surface area contributed by atoms with Crippen LogP contribution in [-0.2, 0) is 0 Å². The maximum atomic E-state index is 13.5. The molecular formula is C12H10F2N2O. The van der Waals surface area contributed by atoms with Crippen LogP contribution in [0.15, 0.2) is 36.5 Å². The molecule has 17 heavy (non-hydrogen) atoms. The molecule has 0 atom stereocenters. The van der Waals surface area contributed by atoms with Crippen molar-refractivity contribution in [3.8, 4) is 0 Å². The van der Waals surface area contributed by atoms with Crippen LogP contribution in [0.25, 0.3) is 0 Å². The minimum Gasteiger partial charge on any atom is -0.357 e. The van der Waals surface area contributed by atoms with Crippen molar-refractivity contribution in [2.24, 2.45) is 0 Å². The number of carbonyl (C=O) groups excluding carboxylic acids is 1. The summed E-state index contributed by atoms with van der Waals surface area (Å²) in [4.78, 5) is 15.5. The highest BCUT2D eigenvalue weighted by Crippen LogP contribution is 2.23. The Hall–Kier alpha value is -2.17. The number of carbonyl (C=O) groups is 1. The van der Waals surface area contributed by atoms with Gasteiger partial charge >= 0.3 is 0 Å². The Balaban J connectivity index is 2.38. The van der Waals surface area contributed by atoms with E-state index in [2.05, 4.69) is 4.98 Å². The molecule has 0 radical (unpaired) electrons. The van der Waals surface area contributed by atoms with Gasteiger partial charge in [-0.3, -0.25) is 4.79 Å². The maximum Gasteiger partial charge on any atom is 0.274 e. The SMILES string of the molecule is CN(C(=O)c1ccc[nH]1)c1c(F)cccc1F. The van der Waals surface area contributed by atoms with Gasteiger partial charge in [0.05, 0.1) is 0 Å². The summed E-state index contributed by atoms with van der Waals surface area (Å²) < 4.78 is 26.9. The molecule has 0 unspecified atom stereocenters. The van der Waals surface area contributed by atoms with E-state index in [1.54, 1.807) is 12.3 Å². The van der Waals surface area contributed by atoms with E-state index in [0.717, 1.165) is 17.0 Å². The number of rotatable bonds is 2. The molecule has 2 rings (SSSR count). The van der Waals surface area contributed by atoms with Crippen molar-refractivity contribution < 1.29 is 13.6 Å². The number of hydrogen-bond donors (Lipinski definition) is 1. The predicted molar refractivity (Wildman–Crippen MR) is 59.9 cm³/mol. The lowest BCUT2D eigenvalue weighted by Gasteiger charge is -2.17. The number of anilines is 1. The second kappa shape index (κ2) is 4.37. The molecule has 1 aromatic carbocycles. The van der Waals surface area contributed by atoms with Crippen molar-refractivity contribution in [1.82, 2.24) is 4.98 Å². The molecular weight excluding hydrogens is 226 g/mol. The van der Waals surface area contributed by atoms with E-state index in [1.807, 2.05) is 0 Å². The molecule has 3 nitrogen and oxygen atoms in total. The molecule has 0 aliphatic heterocycles. The number of aromatic amines is 1. The summed E-state index contributed by atoms with van der Waals surface area (Å²) in [5.41, 5.74) is -0.0812. The Kier molecular flexibility index (Phi) is 2.91. The van der Waals surface area contributed by atoms with E-state index in [4.69, 9.17) is 0 Å². The normalized spacial score (nSPS) is 10.3. The predicted octanol–water partition coefficient (Wildman–Crippen LogP) is 2.57. The van der Waals surface area contributed by atoms with Gasteiger partial charge in [-0.15, -0.1) is 0 Å². The number of para-hydroxylation sites is 1. The van der Waals surface area contributed by atoms with Crippen LogP contribution in [0.2, 0.25) is 0 Å². The van der Waals surface area contributed by atoms with Crippen molar-refractivity contribution in [3.63, 3.8) is 0 Å². The molecule has 1 N–H and O–H groups in total. The molecule has 0 saturated carbocycles. The van der Waals surface area contributed by atoms with Gasteiger partial charge in [0.15, 0.2) is 0 Å². The van der Waals surface area contributed by atoms with Crippen LogP contribution < -0.4 is 4.90 Å². The van der Waals surface area contributed by atoms with Gasteiger partial charge in [-0.05, 0) is 24.3 Å². The lowest BCUT2D eigenvalue weighted by Crippen LogP contribution is -2.28. The fourth-order valence-electron chi connectivity index (χ4n) is 1.56. The number of hydrogen-bond acceptors (Lipinski definition) is 1. The van der Waals surface area contributed by atoms with Crippen LogP contribution in [0.5, 0.6) is 0 Å². The third-order valence-corrected chi connectivity index (χ3v) is 2.41. The molecule has 1 amide bonds. The third kappa shape index (κ3) is 2.04. The molecule has 0 saturated heterocycles. The molecule has 0 spiro atoms. The standard InChI is InChI=1S/C12H10F2N2O/c1-16(12(17)10-6-3-7-15-10)11-8(13)4-2-5-9(11)14/h2-7,15H,1H3. The van der Waals surface area contributed by atoms with Crippen molar-refractivity contribution in [3.05, 3.63) is 53.9 Å². The Bertz CT molecular complexity index is 517. The van der Waals surface area contributed by atoms with Gasteiger partial charge in [-0.2, -0.15) is 0 Å². The molecule has 0 fully saturated rings. The maximum absolute atomic E-state index is 13.5. The monoisotopic (exact) mass is 236 g/mol. The number of H-pyrrole nitrogens is 1. The van der Waals surface area contributed by atoms with Crippen LogP contribution in [-0.4, -0.2) is 17.9 Å². The second-order valence-electron chi connectivity index (χ2n) is 3.52. The average molecular weight is 236 g/mol. The van der Waals surface area contributed by atoms with Crippen molar-refractivity contribution >= 4 is 11.6 Å². The van der Waals surface area contributed by atoms with Crippen molar-refractivity contribution in [2.75, 3.05) is 11.9 Å². The number of halogens is 2. The Labute approximate surface area is 96.7 Å². The van der Waals surface area contributed by atoms with Crippen LogP contribution >= 0.6 is 0 Å². The minimum atomic E-state index is -0.771. The van der Waals surface area contributed by atoms with Gasteiger partial charge < -0.3 is 9.88 Å². The lowest BCUT2D eigenvalue weighted by atomic mass is 10.2. The van der Waals surface area contributed by atoms with Crippen LogP contribution in [0.3, 0.4) is 0 Å². The zero-order chi connectivity index (χ0) is 12.4. The zero-order valence-corrected chi connectivity index (χ0v) is 9.08. The fraction of sp³-hybridized carbons (Fsp3) is 0.0833. The average Bonchev–Trinajstić information content (AvgIpc) is 2.81. The third-order valence-electron chi connectivity index (χ3n) is 2.41. The van der Waals surface area contributed by atoms with E-state index < -0.39 is 17.5 Å². The first-order chi connectivity index (χ1) is 8.11. The number of aromatic nitrogens is 1. The van der Waals surface area contributed by atoms with Gasteiger partial charge in [-0.25, -0.2) is 8.78 Å². The van der Waals surface area contributed by atoms with Gasteiger partial charge in [0.1, 0.15) is 23.0 Å². The van der Waals surface area contributed by atoms with Gasteiger partial charge in [0.2, 0.25) is 0 Å². The van der Waals surface area contributed by atoms with Crippen molar-refractivity contribution in [2.45, 2.75) is 0 Å². The second-order valence-corrected chi connectivity index (χ2v) is 3.52. The minimum absolute atomic E-state index is 0.273. The fourth-order valence-corrected chi connectivity index (χ4v) is 1.56. The van der Waals surface area contributed by atoms with Gasteiger partial charge in [-0.1, -0.05) is 6.07 Å². The largest absolute Gasteiger partial charge is 0.357 e. The molecule has 88 valence electrons. The van der Waals surface area contributed by atoms with Crippen LogP contribution in [0, 0.1) is 11.6 Å². The molecule has 0 bridgehead atoms. The number of nitrogens with one attached hydrogen (secondary N) is 1. The number of amides is 1. The molecule has 5 heteroatoms. The summed E-state index contributed by atoms with van der Waals surface area (Å²) in [6.07, 6.45) is 1.57. The molecule has 2 aromatic rings. The summed E-state index contributed by atoms with van der Waals surface area (Å²) in [5, 5.41) is 0. The summed E-state index contributed by atoms with van der Waals surface area (Å²) in [5.74, 6) is -2.04. The Morgan fingerprint density at radius 3 is 2.35 bits per heavy atom. The first-order valence-corrected chi connectivity index (χ1v) is 4.96. The van der Waals surface area contributed by atoms with Crippen LogP contribution in [0.4, 0.5) is 14.5 Å². The van der Waals surface area contributed by atoms with Gasteiger partial charge in [0.25, 0.3) is 5.91 Å². The Morgan fingerprint density at radius 2 is 1.82 bits per heavy atom. The number of nitrogens with zero attached hydrogens (tertiary/aromatic N) is 1. The smallest absolute Gasteiger partial charge is 0.274 e. The van der Waals surface area contributed by atoms with E-state index in [1.165, 1.54) is 19.2 Å².